The van der Waals surface area contributed by atoms with Gasteiger partial charge >= 0.3 is 0 Å². The molecule has 3 heteroatoms. The van der Waals surface area contributed by atoms with E-state index >= 15 is 0 Å². The fourth-order valence-electron chi connectivity index (χ4n) is 3.29. The van der Waals surface area contributed by atoms with Crippen molar-refractivity contribution in [2.75, 3.05) is 6.54 Å². The average molecular weight is 314 g/mol. The zero-order chi connectivity index (χ0) is 15.2. The van der Waals surface area contributed by atoms with Gasteiger partial charge in [-0.3, -0.25) is 0 Å². The maximum atomic E-state index is 4.86. The molecular formula is C19H26N2S. The molecule has 1 saturated carbocycles. The van der Waals surface area contributed by atoms with E-state index in [4.69, 9.17) is 4.98 Å². The maximum absolute atomic E-state index is 4.86. The highest BCUT2D eigenvalue weighted by atomic mass is 32.1. The van der Waals surface area contributed by atoms with Gasteiger partial charge in [0.15, 0.2) is 0 Å². The van der Waals surface area contributed by atoms with Crippen LogP contribution in [-0.4, -0.2) is 17.6 Å². The molecule has 1 heterocycles. The number of aryl methyl sites for hydroxylation is 1. The Morgan fingerprint density at radius 3 is 2.55 bits per heavy atom. The van der Waals surface area contributed by atoms with Crippen LogP contribution < -0.4 is 5.32 Å². The molecule has 0 spiro atoms. The molecule has 0 saturated heterocycles. The molecule has 22 heavy (non-hydrogen) atoms. The molecule has 0 atom stereocenters. The fraction of sp³-hybridized carbons (Fsp3) is 0.526. The van der Waals surface area contributed by atoms with Crippen LogP contribution in [-0.2, 0) is 6.42 Å². The first kappa shape index (κ1) is 15.7. The van der Waals surface area contributed by atoms with Crippen molar-refractivity contribution in [2.24, 2.45) is 0 Å². The van der Waals surface area contributed by atoms with Gasteiger partial charge in [0.25, 0.3) is 0 Å². The summed E-state index contributed by atoms with van der Waals surface area (Å²) in [5.74, 6) is 0. The third kappa shape index (κ3) is 4.17. The van der Waals surface area contributed by atoms with E-state index in [1.165, 1.54) is 54.0 Å². The topological polar surface area (TPSA) is 24.9 Å². The summed E-state index contributed by atoms with van der Waals surface area (Å²) < 4.78 is 0. The van der Waals surface area contributed by atoms with E-state index in [1.807, 2.05) is 11.3 Å². The SMILES string of the molecule is Cc1sc(CCNC2CCCCCC2)nc1-c1ccccc1. The van der Waals surface area contributed by atoms with E-state index in [9.17, 15) is 0 Å². The Hall–Kier alpha value is -1.19. The molecule has 0 unspecified atom stereocenters. The molecule has 1 aliphatic carbocycles. The predicted octanol–water partition coefficient (Wildman–Crippen LogP) is 4.97. The summed E-state index contributed by atoms with van der Waals surface area (Å²) in [5, 5.41) is 5.01. The number of rotatable bonds is 5. The summed E-state index contributed by atoms with van der Waals surface area (Å²) in [4.78, 5) is 6.19. The Labute approximate surface area is 138 Å². The van der Waals surface area contributed by atoms with E-state index in [0.717, 1.165) is 24.7 Å². The number of hydrogen-bond donors (Lipinski definition) is 1. The van der Waals surface area contributed by atoms with Crippen molar-refractivity contribution in [2.45, 2.75) is 57.9 Å². The lowest BCUT2D eigenvalue weighted by molar-refractivity contribution is 0.463. The molecule has 0 amide bonds. The molecule has 1 N–H and O–H groups in total. The monoisotopic (exact) mass is 314 g/mol. The zero-order valence-corrected chi connectivity index (χ0v) is 14.3. The fourth-order valence-corrected chi connectivity index (χ4v) is 4.24. The lowest BCUT2D eigenvalue weighted by Gasteiger charge is -2.15. The van der Waals surface area contributed by atoms with Gasteiger partial charge in [0.1, 0.15) is 0 Å². The van der Waals surface area contributed by atoms with E-state index in [0.29, 0.717) is 0 Å². The molecular weight excluding hydrogens is 288 g/mol. The third-order valence-electron chi connectivity index (χ3n) is 4.52. The smallest absolute Gasteiger partial charge is 0.0948 e. The highest BCUT2D eigenvalue weighted by Gasteiger charge is 2.13. The second-order valence-corrected chi connectivity index (χ2v) is 7.56. The predicted molar refractivity (Wildman–Crippen MR) is 95.5 cm³/mol. The minimum atomic E-state index is 0.733. The second-order valence-electron chi connectivity index (χ2n) is 6.27. The van der Waals surface area contributed by atoms with Crippen molar-refractivity contribution in [3.63, 3.8) is 0 Å². The minimum Gasteiger partial charge on any atom is -0.314 e. The molecule has 0 aliphatic heterocycles. The average Bonchev–Trinajstić information content (AvgIpc) is 2.74. The number of nitrogens with one attached hydrogen (secondary N) is 1. The summed E-state index contributed by atoms with van der Waals surface area (Å²) in [7, 11) is 0. The van der Waals surface area contributed by atoms with E-state index in [2.05, 4.69) is 42.6 Å². The van der Waals surface area contributed by atoms with Crippen LogP contribution in [0.2, 0.25) is 0 Å². The molecule has 2 nitrogen and oxygen atoms in total. The second kappa shape index (κ2) is 7.89. The molecule has 1 aromatic heterocycles. The quantitative estimate of drug-likeness (QED) is 0.788. The van der Waals surface area contributed by atoms with Gasteiger partial charge in [0.2, 0.25) is 0 Å². The normalized spacial score (nSPS) is 16.6. The van der Waals surface area contributed by atoms with Crippen molar-refractivity contribution in [3.05, 3.63) is 40.2 Å². The lowest BCUT2D eigenvalue weighted by Crippen LogP contribution is -2.30. The van der Waals surface area contributed by atoms with Crippen LogP contribution in [0.15, 0.2) is 30.3 Å². The standard InChI is InChI=1S/C19H26N2S/c1-15-19(16-9-5-4-6-10-16)21-18(22-15)13-14-20-17-11-7-2-3-8-12-17/h4-6,9-10,17,20H,2-3,7-8,11-14H2,1H3. The van der Waals surface area contributed by atoms with E-state index in [-0.39, 0.29) is 0 Å². The van der Waals surface area contributed by atoms with E-state index in [1.54, 1.807) is 0 Å². The lowest BCUT2D eigenvalue weighted by atomic mass is 10.1. The van der Waals surface area contributed by atoms with Gasteiger partial charge in [-0.25, -0.2) is 4.98 Å². The van der Waals surface area contributed by atoms with Gasteiger partial charge in [0.05, 0.1) is 10.7 Å². The van der Waals surface area contributed by atoms with Gasteiger partial charge in [-0.05, 0) is 19.8 Å². The van der Waals surface area contributed by atoms with Crippen molar-refractivity contribution in [1.82, 2.24) is 10.3 Å². The number of hydrogen-bond acceptors (Lipinski definition) is 3. The highest BCUT2D eigenvalue weighted by Crippen LogP contribution is 2.27. The Kier molecular flexibility index (Phi) is 5.63. The van der Waals surface area contributed by atoms with Gasteiger partial charge in [-0.2, -0.15) is 0 Å². The zero-order valence-electron chi connectivity index (χ0n) is 13.5. The van der Waals surface area contributed by atoms with Gasteiger partial charge in [0, 0.05) is 29.4 Å². The van der Waals surface area contributed by atoms with Crippen LogP contribution in [0, 0.1) is 6.92 Å². The summed E-state index contributed by atoms with van der Waals surface area (Å²) in [5.41, 5.74) is 2.40. The minimum absolute atomic E-state index is 0.733. The van der Waals surface area contributed by atoms with Crippen LogP contribution in [0.4, 0.5) is 0 Å². The van der Waals surface area contributed by atoms with E-state index < -0.39 is 0 Å². The third-order valence-corrected chi connectivity index (χ3v) is 5.55. The summed E-state index contributed by atoms with van der Waals surface area (Å²) in [6.07, 6.45) is 9.39. The van der Waals surface area contributed by atoms with Crippen LogP contribution in [0.3, 0.4) is 0 Å². The molecule has 1 aromatic carbocycles. The van der Waals surface area contributed by atoms with Crippen molar-refractivity contribution in [1.29, 1.82) is 0 Å². The van der Waals surface area contributed by atoms with Gasteiger partial charge in [-0.1, -0.05) is 56.0 Å². The molecule has 1 aliphatic rings. The first-order chi connectivity index (χ1) is 10.8. The first-order valence-corrected chi connectivity index (χ1v) is 9.39. The van der Waals surface area contributed by atoms with Crippen LogP contribution in [0.25, 0.3) is 11.3 Å². The molecule has 3 rings (SSSR count). The van der Waals surface area contributed by atoms with Crippen molar-refractivity contribution < 1.29 is 0 Å². The largest absolute Gasteiger partial charge is 0.314 e. The Morgan fingerprint density at radius 2 is 1.82 bits per heavy atom. The van der Waals surface area contributed by atoms with Crippen LogP contribution in [0.5, 0.6) is 0 Å². The van der Waals surface area contributed by atoms with Crippen molar-refractivity contribution >= 4 is 11.3 Å². The molecule has 1 fully saturated rings. The Bertz CT molecular complexity index is 568. The Morgan fingerprint density at radius 1 is 1.09 bits per heavy atom. The van der Waals surface area contributed by atoms with Gasteiger partial charge in [-0.15, -0.1) is 11.3 Å². The summed E-state index contributed by atoms with van der Waals surface area (Å²) in [6, 6.07) is 11.3. The summed E-state index contributed by atoms with van der Waals surface area (Å²) in [6.45, 7) is 3.24. The molecule has 0 radical (unpaired) electrons. The van der Waals surface area contributed by atoms with Crippen molar-refractivity contribution in [3.8, 4) is 11.3 Å². The first-order valence-electron chi connectivity index (χ1n) is 8.58. The molecule has 118 valence electrons. The number of benzene rings is 1. The summed E-state index contributed by atoms with van der Waals surface area (Å²) >= 11 is 1.85. The van der Waals surface area contributed by atoms with Crippen LogP contribution >= 0.6 is 11.3 Å². The number of aromatic nitrogens is 1. The number of thiazole rings is 1. The Balaban J connectivity index is 1.55. The van der Waals surface area contributed by atoms with Crippen LogP contribution in [0.1, 0.15) is 48.4 Å². The number of nitrogens with zero attached hydrogens (tertiary/aromatic N) is 1. The molecule has 2 aromatic rings. The maximum Gasteiger partial charge on any atom is 0.0948 e. The highest BCUT2D eigenvalue weighted by molar-refractivity contribution is 7.12. The molecule has 0 bridgehead atoms. The van der Waals surface area contributed by atoms with Gasteiger partial charge < -0.3 is 5.32 Å².